The molecule has 1 N–H and O–H groups in total. The third-order valence-corrected chi connectivity index (χ3v) is 4.80. The minimum absolute atomic E-state index is 0.733. The van der Waals surface area contributed by atoms with Crippen LogP contribution in [0.2, 0.25) is 0 Å². The normalized spacial score (nSPS) is 17.9. The number of hydrogen-bond donors (Lipinski definition) is 1. The van der Waals surface area contributed by atoms with Crippen LogP contribution in [-0.4, -0.2) is 43.2 Å². The molecule has 0 bridgehead atoms. The van der Waals surface area contributed by atoms with Gasteiger partial charge in [0.05, 0.1) is 0 Å². The minimum Gasteiger partial charge on any atom is -0.401 e. The highest BCUT2D eigenvalue weighted by Gasteiger charge is 2.17. The van der Waals surface area contributed by atoms with Gasteiger partial charge in [0.1, 0.15) is 5.69 Å². The molecule has 0 amide bonds. The SMILES string of the molecule is CCSC1=N[NH+](c2cccc(Sc3nnnn3C)c2)[N-]N1C. The zero-order valence-electron chi connectivity index (χ0n) is 12.5. The Bertz CT molecular complexity index is 685. The first kappa shape index (κ1) is 15.3. The fourth-order valence-corrected chi connectivity index (χ4v) is 3.29. The van der Waals surface area contributed by atoms with Crippen molar-refractivity contribution in [3.63, 3.8) is 0 Å². The second-order valence-electron chi connectivity index (χ2n) is 4.49. The van der Waals surface area contributed by atoms with E-state index in [0.717, 1.165) is 31.8 Å². The summed E-state index contributed by atoms with van der Waals surface area (Å²) in [7, 11) is 3.74. The van der Waals surface area contributed by atoms with Crippen LogP contribution in [0.25, 0.3) is 5.53 Å². The summed E-state index contributed by atoms with van der Waals surface area (Å²) in [6, 6.07) is 8.07. The first-order chi connectivity index (χ1) is 10.7. The lowest BCUT2D eigenvalue weighted by molar-refractivity contribution is -0.800. The minimum atomic E-state index is 0.733. The van der Waals surface area contributed by atoms with Crippen molar-refractivity contribution in [1.82, 2.24) is 25.2 Å². The molecule has 8 nitrogen and oxygen atoms in total. The van der Waals surface area contributed by atoms with E-state index in [1.54, 1.807) is 16.4 Å². The second kappa shape index (κ2) is 6.65. The van der Waals surface area contributed by atoms with Gasteiger partial charge in [0.15, 0.2) is 0 Å². The summed E-state index contributed by atoms with van der Waals surface area (Å²) in [6.45, 7) is 2.10. The summed E-state index contributed by atoms with van der Waals surface area (Å²) < 4.78 is 1.65. The number of thioether (sulfide) groups is 1. The van der Waals surface area contributed by atoms with Gasteiger partial charge >= 0.3 is 0 Å². The molecule has 2 aromatic rings. The topological polar surface area (TPSA) is 77.7 Å². The zero-order valence-corrected chi connectivity index (χ0v) is 14.1. The maximum Gasteiger partial charge on any atom is 0.213 e. The predicted octanol–water partition coefficient (Wildman–Crippen LogP) is 1.05. The lowest BCUT2D eigenvalue weighted by atomic mass is 10.3. The largest absolute Gasteiger partial charge is 0.401 e. The van der Waals surface area contributed by atoms with Gasteiger partial charge in [0, 0.05) is 24.1 Å². The molecule has 22 heavy (non-hydrogen) atoms. The number of amidine groups is 1. The molecule has 1 unspecified atom stereocenters. The number of hydrogen-bond acceptors (Lipinski definition) is 7. The Labute approximate surface area is 136 Å². The second-order valence-corrected chi connectivity index (χ2v) is 6.76. The Hall–Kier alpha value is -1.62. The molecule has 0 radical (unpaired) electrons. The molecule has 3 rings (SSSR count). The quantitative estimate of drug-likeness (QED) is 0.899. The molecular weight excluding hydrogens is 320 g/mol. The Kier molecular flexibility index (Phi) is 4.62. The molecule has 0 fully saturated rings. The first-order valence-corrected chi connectivity index (χ1v) is 8.52. The van der Waals surface area contributed by atoms with E-state index < -0.39 is 0 Å². The summed E-state index contributed by atoms with van der Waals surface area (Å²) >= 11 is 3.19. The van der Waals surface area contributed by atoms with E-state index in [0.29, 0.717) is 0 Å². The average molecular weight is 336 g/mol. The van der Waals surface area contributed by atoms with E-state index in [4.69, 9.17) is 0 Å². The highest BCUT2D eigenvalue weighted by Crippen LogP contribution is 2.26. The lowest BCUT2D eigenvalue weighted by Gasteiger charge is -2.25. The molecule has 10 heteroatoms. The van der Waals surface area contributed by atoms with Gasteiger partial charge in [-0.05, 0) is 41.1 Å². The Morgan fingerprint density at radius 1 is 1.32 bits per heavy atom. The number of rotatable bonds is 4. The Balaban J connectivity index is 1.79. The van der Waals surface area contributed by atoms with Gasteiger partial charge in [-0.1, -0.05) is 29.9 Å². The molecule has 1 aliphatic heterocycles. The summed E-state index contributed by atoms with van der Waals surface area (Å²) in [5, 5.41) is 20.3. The van der Waals surface area contributed by atoms with Gasteiger partial charge in [0.2, 0.25) is 10.3 Å². The van der Waals surface area contributed by atoms with Crippen molar-refractivity contribution in [3.8, 4) is 0 Å². The standard InChI is InChI=1S/C12H16N8S2/c1-4-21-12-14-20(17-19(12)3)9-6-5-7-10(8-9)22-11-13-15-16-18(11)2/h5-8,20H,4H2,1-3H3. The van der Waals surface area contributed by atoms with Gasteiger partial charge in [-0.3, -0.25) is 0 Å². The van der Waals surface area contributed by atoms with Crippen molar-refractivity contribution in [2.45, 2.75) is 17.0 Å². The molecular formula is C12H16N8S2. The maximum absolute atomic E-state index is 4.59. The van der Waals surface area contributed by atoms with Gasteiger partial charge in [-0.2, -0.15) is 0 Å². The Morgan fingerprint density at radius 2 is 2.18 bits per heavy atom. The van der Waals surface area contributed by atoms with E-state index in [2.05, 4.69) is 39.2 Å². The van der Waals surface area contributed by atoms with E-state index in [9.17, 15) is 0 Å². The third kappa shape index (κ3) is 3.24. The fraction of sp³-hybridized carbons (Fsp3) is 0.333. The summed E-state index contributed by atoms with van der Waals surface area (Å²) in [4.78, 5) is 1.05. The van der Waals surface area contributed by atoms with Crippen molar-refractivity contribution in [1.29, 1.82) is 0 Å². The number of aryl methyl sites for hydroxylation is 1. The zero-order chi connectivity index (χ0) is 15.5. The number of quaternary nitrogens is 1. The van der Waals surface area contributed by atoms with Crippen molar-refractivity contribution in [3.05, 3.63) is 29.8 Å². The van der Waals surface area contributed by atoms with Gasteiger partial charge < -0.3 is 10.5 Å². The van der Waals surface area contributed by atoms with Crippen LogP contribution in [-0.2, 0) is 7.05 Å². The molecule has 1 aromatic heterocycles. The highest BCUT2D eigenvalue weighted by molar-refractivity contribution is 8.13. The summed E-state index contributed by atoms with van der Waals surface area (Å²) in [5.74, 6) is 0.973. The van der Waals surface area contributed by atoms with Crippen LogP contribution in [0.5, 0.6) is 0 Å². The maximum atomic E-state index is 4.59. The van der Waals surface area contributed by atoms with Crippen molar-refractivity contribution >= 4 is 34.4 Å². The summed E-state index contributed by atoms with van der Waals surface area (Å²) in [6.07, 6.45) is 0. The fourth-order valence-electron chi connectivity index (χ4n) is 1.86. The van der Waals surface area contributed by atoms with Crippen LogP contribution < -0.4 is 5.12 Å². The molecule has 0 saturated heterocycles. The van der Waals surface area contributed by atoms with Crippen molar-refractivity contribution in [2.75, 3.05) is 12.8 Å². The highest BCUT2D eigenvalue weighted by atomic mass is 32.2. The molecule has 0 spiro atoms. The number of tetrazole rings is 1. The molecule has 1 atom stereocenters. The number of nitrogens with one attached hydrogen (secondary N) is 1. The van der Waals surface area contributed by atoms with Crippen LogP contribution >= 0.6 is 23.5 Å². The van der Waals surface area contributed by atoms with Crippen LogP contribution in [0, 0.1) is 0 Å². The van der Waals surface area contributed by atoms with Crippen LogP contribution in [0.4, 0.5) is 5.69 Å². The van der Waals surface area contributed by atoms with Crippen LogP contribution in [0.15, 0.2) is 39.4 Å². The van der Waals surface area contributed by atoms with Crippen molar-refractivity contribution in [2.24, 2.45) is 12.1 Å². The van der Waals surface area contributed by atoms with Gasteiger partial charge in [0.25, 0.3) is 0 Å². The predicted molar refractivity (Wildman–Crippen MR) is 86.7 cm³/mol. The smallest absolute Gasteiger partial charge is 0.213 e. The van der Waals surface area contributed by atoms with E-state index in [-0.39, 0.29) is 0 Å². The van der Waals surface area contributed by atoms with Gasteiger partial charge in [-0.25, -0.2) is 9.80 Å². The monoisotopic (exact) mass is 336 g/mol. The lowest BCUT2D eigenvalue weighted by Crippen LogP contribution is -2.96. The number of benzene rings is 1. The number of nitrogens with zero attached hydrogens (tertiary/aromatic N) is 7. The molecule has 0 aliphatic carbocycles. The molecule has 1 aliphatic rings. The summed E-state index contributed by atoms with van der Waals surface area (Å²) in [5.41, 5.74) is 5.47. The van der Waals surface area contributed by atoms with E-state index in [1.165, 1.54) is 11.8 Å². The van der Waals surface area contributed by atoms with E-state index in [1.807, 2.05) is 37.3 Å². The number of aromatic nitrogens is 4. The van der Waals surface area contributed by atoms with Crippen LogP contribution in [0.3, 0.4) is 0 Å². The Morgan fingerprint density at radius 3 is 2.91 bits per heavy atom. The molecule has 0 saturated carbocycles. The molecule has 2 heterocycles. The third-order valence-electron chi connectivity index (χ3n) is 2.88. The molecule has 116 valence electrons. The van der Waals surface area contributed by atoms with Crippen LogP contribution in [0.1, 0.15) is 6.92 Å². The van der Waals surface area contributed by atoms with Crippen molar-refractivity contribution < 1.29 is 5.12 Å². The van der Waals surface area contributed by atoms with Gasteiger partial charge in [-0.15, -0.1) is 5.10 Å². The first-order valence-electron chi connectivity index (χ1n) is 6.72. The molecule has 1 aromatic carbocycles. The average Bonchev–Trinajstić information content (AvgIpc) is 3.07. The van der Waals surface area contributed by atoms with E-state index >= 15 is 0 Å².